The van der Waals surface area contributed by atoms with Crippen LogP contribution in [0.15, 0.2) is 30.3 Å². The molecule has 0 bridgehead atoms. The van der Waals surface area contributed by atoms with E-state index in [0.29, 0.717) is 6.54 Å². The van der Waals surface area contributed by atoms with Gasteiger partial charge in [-0.2, -0.15) is 0 Å². The molecule has 7 nitrogen and oxygen atoms in total. The van der Waals surface area contributed by atoms with Crippen molar-refractivity contribution in [2.24, 2.45) is 7.05 Å². The highest BCUT2D eigenvalue weighted by Crippen LogP contribution is 2.07. The van der Waals surface area contributed by atoms with Crippen molar-refractivity contribution in [2.75, 3.05) is 0 Å². The van der Waals surface area contributed by atoms with Crippen molar-refractivity contribution in [1.29, 1.82) is 0 Å². The Labute approximate surface area is 129 Å². The predicted molar refractivity (Wildman–Crippen MR) is 81.1 cm³/mol. The molecule has 0 fully saturated rings. The molecule has 1 aromatic carbocycles. The number of nitrogens with zero attached hydrogens (tertiary/aromatic N) is 7. The van der Waals surface area contributed by atoms with Gasteiger partial charge in [-0.1, -0.05) is 30.3 Å². The molecule has 0 unspecified atom stereocenters. The van der Waals surface area contributed by atoms with Gasteiger partial charge in [0.15, 0.2) is 11.6 Å². The number of aryl methyl sites for hydroxylation is 3. The van der Waals surface area contributed by atoms with Gasteiger partial charge in [0, 0.05) is 13.5 Å². The number of benzene rings is 1. The molecule has 0 aliphatic rings. The van der Waals surface area contributed by atoms with Crippen LogP contribution in [0, 0.1) is 6.92 Å². The maximum Gasteiger partial charge on any atom is 0.154 e. The Morgan fingerprint density at radius 2 is 1.77 bits per heavy atom. The Kier molecular flexibility index (Phi) is 4.22. The molecule has 0 saturated heterocycles. The highest BCUT2D eigenvalue weighted by atomic mass is 15.5. The van der Waals surface area contributed by atoms with Crippen molar-refractivity contribution in [2.45, 2.75) is 32.7 Å². The van der Waals surface area contributed by atoms with Crippen molar-refractivity contribution in [3.8, 4) is 0 Å². The Balaban J connectivity index is 1.61. The molecular formula is C15H19N7. The van der Waals surface area contributed by atoms with Crippen LogP contribution in [0.5, 0.6) is 0 Å². The van der Waals surface area contributed by atoms with E-state index in [-0.39, 0.29) is 0 Å². The van der Waals surface area contributed by atoms with Gasteiger partial charge in [-0.05, 0) is 35.8 Å². The van der Waals surface area contributed by atoms with E-state index >= 15 is 0 Å². The third-order valence-electron chi connectivity index (χ3n) is 3.79. The van der Waals surface area contributed by atoms with Crippen molar-refractivity contribution in [3.05, 3.63) is 53.4 Å². The molecule has 0 saturated carbocycles. The minimum absolute atomic E-state index is 0.547. The number of aromatic nitrogens is 7. The van der Waals surface area contributed by atoms with Gasteiger partial charge in [0.05, 0.1) is 0 Å². The van der Waals surface area contributed by atoms with Gasteiger partial charge in [-0.15, -0.1) is 15.3 Å². The van der Waals surface area contributed by atoms with Gasteiger partial charge in [-0.25, -0.2) is 4.68 Å². The van der Waals surface area contributed by atoms with E-state index in [1.165, 1.54) is 5.56 Å². The van der Waals surface area contributed by atoms with Crippen LogP contribution in [0.3, 0.4) is 0 Å². The summed E-state index contributed by atoms with van der Waals surface area (Å²) < 4.78 is 3.75. The zero-order valence-electron chi connectivity index (χ0n) is 12.8. The number of rotatable bonds is 6. The molecule has 3 aromatic rings. The zero-order valence-corrected chi connectivity index (χ0v) is 12.8. The molecule has 0 radical (unpaired) electrons. The van der Waals surface area contributed by atoms with E-state index in [4.69, 9.17) is 0 Å². The van der Waals surface area contributed by atoms with Crippen LogP contribution in [0.2, 0.25) is 0 Å². The van der Waals surface area contributed by atoms with Crippen LogP contribution in [-0.2, 0) is 26.4 Å². The molecule has 0 N–H and O–H groups in total. The number of hydrogen-bond acceptors (Lipinski definition) is 5. The second-order valence-electron chi connectivity index (χ2n) is 5.31. The fourth-order valence-electron chi connectivity index (χ4n) is 2.34. The molecule has 0 aliphatic carbocycles. The smallest absolute Gasteiger partial charge is 0.154 e. The highest BCUT2D eigenvalue weighted by Gasteiger charge is 2.11. The summed E-state index contributed by atoms with van der Waals surface area (Å²) in [5.74, 6) is 2.62. The molecule has 2 aromatic heterocycles. The van der Waals surface area contributed by atoms with E-state index in [9.17, 15) is 0 Å². The molecule has 0 aliphatic heterocycles. The third-order valence-corrected chi connectivity index (χ3v) is 3.79. The molecule has 22 heavy (non-hydrogen) atoms. The highest BCUT2D eigenvalue weighted by molar-refractivity contribution is 5.14. The summed E-state index contributed by atoms with van der Waals surface area (Å²) in [6, 6.07) is 10.5. The number of tetrazole rings is 1. The van der Waals surface area contributed by atoms with Crippen LogP contribution < -0.4 is 0 Å². The van der Waals surface area contributed by atoms with E-state index in [2.05, 4.69) is 50.0 Å². The summed E-state index contributed by atoms with van der Waals surface area (Å²) in [5.41, 5.74) is 1.34. The molecule has 2 heterocycles. The van der Waals surface area contributed by atoms with Crippen LogP contribution in [0.25, 0.3) is 0 Å². The first-order valence-corrected chi connectivity index (χ1v) is 7.38. The lowest BCUT2D eigenvalue weighted by molar-refractivity contribution is 0.573. The average molecular weight is 297 g/mol. The van der Waals surface area contributed by atoms with Crippen molar-refractivity contribution in [3.63, 3.8) is 0 Å². The van der Waals surface area contributed by atoms with Gasteiger partial charge in [0.2, 0.25) is 0 Å². The van der Waals surface area contributed by atoms with Crippen molar-refractivity contribution < 1.29 is 0 Å². The van der Waals surface area contributed by atoms with Crippen LogP contribution in [0.1, 0.15) is 29.5 Å². The Hall–Kier alpha value is -2.57. The van der Waals surface area contributed by atoms with Crippen LogP contribution >= 0.6 is 0 Å². The molecule has 0 spiro atoms. The quantitative estimate of drug-likeness (QED) is 0.686. The van der Waals surface area contributed by atoms with E-state index < -0.39 is 0 Å². The second kappa shape index (κ2) is 6.46. The summed E-state index contributed by atoms with van der Waals surface area (Å²) in [4.78, 5) is 0. The summed E-state index contributed by atoms with van der Waals surface area (Å²) in [6.07, 6.45) is 2.89. The fourth-order valence-corrected chi connectivity index (χ4v) is 2.34. The lowest BCUT2D eigenvalue weighted by Gasteiger charge is -2.05. The maximum atomic E-state index is 4.16. The Morgan fingerprint density at radius 1 is 0.955 bits per heavy atom. The Bertz CT molecular complexity index is 729. The SMILES string of the molecule is Cc1nnc(Cn2nnnc2CCCc2ccccc2)n1C. The first kappa shape index (κ1) is 14.4. The first-order chi connectivity index (χ1) is 10.7. The lowest BCUT2D eigenvalue weighted by atomic mass is 10.1. The van der Waals surface area contributed by atoms with Gasteiger partial charge in [-0.3, -0.25) is 0 Å². The molecule has 7 heteroatoms. The van der Waals surface area contributed by atoms with E-state index in [1.54, 1.807) is 4.68 Å². The first-order valence-electron chi connectivity index (χ1n) is 7.38. The predicted octanol–water partition coefficient (Wildman–Crippen LogP) is 1.33. The maximum absolute atomic E-state index is 4.16. The summed E-state index contributed by atoms with van der Waals surface area (Å²) in [7, 11) is 1.95. The summed E-state index contributed by atoms with van der Waals surface area (Å²) >= 11 is 0. The molecule has 0 atom stereocenters. The standard InChI is InChI=1S/C15H19N7/c1-12-16-17-15(21(12)2)11-22-14(18-19-20-22)10-6-9-13-7-4-3-5-8-13/h3-5,7-8H,6,9-11H2,1-2H3. The minimum atomic E-state index is 0.547. The third kappa shape index (κ3) is 3.19. The van der Waals surface area contributed by atoms with Crippen LogP contribution in [-0.4, -0.2) is 35.0 Å². The minimum Gasteiger partial charge on any atom is -0.317 e. The van der Waals surface area contributed by atoms with Crippen LogP contribution in [0.4, 0.5) is 0 Å². The van der Waals surface area contributed by atoms with Crippen molar-refractivity contribution >= 4 is 0 Å². The van der Waals surface area contributed by atoms with Gasteiger partial charge < -0.3 is 4.57 Å². The largest absolute Gasteiger partial charge is 0.317 e. The topological polar surface area (TPSA) is 74.3 Å². The second-order valence-corrected chi connectivity index (χ2v) is 5.31. The Morgan fingerprint density at radius 3 is 2.50 bits per heavy atom. The van der Waals surface area contributed by atoms with Gasteiger partial charge >= 0.3 is 0 Å². The molecule has 114 valence electrons. The molecule has 3 rings (SSSR count). The molecular weight excluding hydrogens is 278 g/mol. The van der Waals surface area contributed by atoms with Gasteiger partial charge in [0.1, 0.15) is 12.4 Å². The van der Waals surface area contributed by atoms with Gasteiger partial charge in [0.25, 0.3) is 0 Å². The zero-order chi connectivity index (χ0) is 15.4. The summed E-state index contributed by atoms with van der Waals surface area (Å²) in [5, 5.41) is 20.2. The van der Waals surface area contributed by atoms with Crippen molar-refractivity contribution in [1.82, 2.24) is 35.0 Å². The normalized spacial score (nSPS) is 11.0. The van der Waals surface area contributed by atoms with E-state index in [1.807, 2.05) is 24.6 Å². The molecule has 0 amide bonds. The fraction of sp³-hybridized carbons (Fsp3) is 0.400. The lowest BCUT2D eigenvalue weighted by Crippen LogP contribution is -2.11. The number of hydrogen-bond donors (Lipinski definition) is 0. The average Bonchev–Trinajstić information content (AvgIpc) is 3.10. The van der Waals surface area contributed by atoms with E-state index in [0.717, 1.165) is 36.7 Å². The summed E-state index contributed by atoms with van der Waals surface area (Å²) in [6.45, 7) is 2.47. The monoisotopic (exact) mass is 297 g/mol.